The van der Waals surface area contributed by atoms with Crippen molar-refractivity contribution in [1.82, 2.24) is 9.88 Å². The highest BCUT2D eigenvalue weighted by atomic mass is 19.1. The number of carbonyl (C=O) groups excluding carboxylic acids is 2. The van der Waals surface area contributed by atoms with Gasteiger partial charge < -0.3 is 14.8 Å². The first-order chi connectivity index (χ1) is 20.9. The van der Waals surface area contributed by atoms with Gasteiger partial charge in [-0.05, 0) is 97.8 Å². The van der Waals surface area contributed by atoms with Gasteiger partial charge in [-0.25, -0.2) is 4.39 Å². The monoisotopic (exact) mass is 586 g/mol. The van der Waals surface area contributed by atoms with Crippen LogP contribution in [-0.2, 0) is 14.2 Å². The Morgan fingerprint density at radius 3 is 2.67 bits per heavy atom. The molecule has 43 heavy (non-hydrogen) atoms. The lowest BCUT2D eigenvalue weighted by Gasteiger charge is -2.43. The van der Waals surface area contributed by atoms with E-state index in [0.717, 1.165) is 61.8 Å². The molecule has 2 aliphatic carbocycles. The Morgan fingerprint density at radius 2 is 1.95 bits per heavy atom. The van der Waals surface area contributed by atoms with E-state index in [0.29, 0.717) is 31.1 Å². The van der Waals surface area contributed by atoms with E-state index < -0.39 is 30.7 Å². The van der Waals surface area contributed by atoms with Crippen LogP contribution in [0.25, 0.3) is 11.6 Å². The number of aromatic nitrogens is 1. The number of nitrogens with zero attached hydrogens (tertiary/aromatic N) is 2. The van der Waals surface area contributed by atoms with Gasteiger partial charge in [0.15, 0.2) is 11.6 Å². The fourth-order valence-electron chi connectivity index (χ4n) is 7.95. The number of pyridine rings is 1. The van der Waals surface area contributed by atoms with E-state index in [1.165, 1.54) is 17.7 Å². The molecule has 4 atom stereocenters. The topological polar surface area (TPSA) is 100.0 Å². The van der Waals surface area contributed by atoms with Gasteiger partial charge in [0.05, 0.1) is 23.6 Å². The lowest BCUT2D eigenvalue weighted by atomic mass is 9.58. The summed E-state index contributed by atoms with van der Waals surface area (Å²) in [6, 6.07) is 9.91. The highest BCUT2D eigenvalue weighted by Gasteiger charge is 2.58. The van der Waals surface area contributed by atoms with Crippen molar-refractivity contribution in [2.45, 2.75) is 89.6 Å². The Balaban J connectivity index is 1.31. The van der Waals surface area contributed by atoms with Crippen LogP contribution in [0.15, 0.2) is 53.7 Å². The van der Waals surface area contributed by atoms with E-state index in [-0.39, 0.29) is 29.7 Å². The van der Waals surface area contributed by atoms with Gasteiger partial charge in [-0.2, -0.15) is 0 Å². The van der Waals surface area contributed by atoms with Gasteiger partial charge in [0.2, 0.25) is 11.8 Å². The van der Waals surface area contributed by atoms with Gasteiger partial charge in [-0.1, -0.05) is 50.3 Å². The number of halogens is 1. The molecule has 9 heteroatoms. The Labute approximate surface area is 253 Å². The summed E-state index contributed by atoms with van der Waals surface area (Å²) < 4.78 is 20.4. The number of aromatic hydroxyl groups is 1. The molecular formula is C34H40BFN2O5. The number of phenols is 1. The number of fused-ring (bicyclic) bond motifs is 3. The SMILES string of the molecule is CCCC1=C2[C@@H](CC/C(=C/c3ccc(O)c(F)c3)c3ccccn3)OB(O)C[C@@H]2[C@@H]2C(=O)N(C3CCCCC3)C(=O)[C@@H]2C1. The number of imide groups is 1. The zero-order valence-electron chi connectivity index (χ0n) is 24.8. The summed E-state index contributed by atoms with van der Waals surface area (Å²) >= 11 is 0. The molecule has 2 aliphatic heterocycles. The molecule has 1 aromatic carbocycles. The Bertz CT molecular complexity index is 1420. The highest BCUT2D eigenvalue weighted by molar-refractivity contribution is 6.43. The lowest BCUT2D eigenvalue weighted by Crippen LogP contribution is -2.46. The summed E-state index contributed by atoms with van der Waals surface area (Å²) in [5, 5.41) is 20.6. The molecule has 4 aliphatic rings. The molecule has 0 unspecified atom stereocenters. The highest BCUT2D eigenvalue weighted by Crippen LogP contribution is 2.52. The van der Waals surface area contributed by atoms with E-state index >= 15 is 0 Å². The van der Waals surface area contributed by atoms with Crippen LogP contribution < -0.4 is 0 Å². The van der Waals surface area contributed by atoms with Crippen molar-refractivity contribution in [3.8, 4) is 5.75 Å². The van der Waals surface area contributed by atoms with Crippen molar-refractivity contribution in [1.29, 1.82) is 0 Å². The lowest BCUT2D eigenvalue weighted by molar-refractivity contribution is -0.143. The van der Waals surface area contributed by atoms with Crippen LogP contribution >= 0.6 is 0 Å². The van der Waals surface area contributed by atoms with E-state index in [4.69, 9.17) is 4.65 Å². The fourth-order valence-corrected chi connectivity index (χ4v) is 7.95. The molecule has 2 N–H and O–H groups in total. The van der Waals surface area contributed by atoms with Crippen molar-refractivity contribution < 1.29 is 28.8 Å². The summed E-state index contributed by atoms with van der Waals surface area (Å²) in [4.78, 5) is 33.9. The molecular weight excluding hydrogens is 546 g/mol. The molecule has 3 heterocycles. The third-order valence-corrected chi connectivity index (χ3v) is 9.82. The quantitative estimate of drug-likeness (QED) is 0.218. The average Bonchev–Trinajstić information content (AvgIpc) is 3.26. The molecule has 1 aromatic heterocycles. The molecule has 6 rings (SSSR count). The van der Waals surface area contributed by atoms with Crippen LogP contribution in [0.2, 0.25) is 6.32 Å². The minimum absolute atomic E-state index is 0.00575. The molecule has 7 nitrogen and oxygen atoms in total. The minimum atomic E-state index is -1.03. The summed E-state index contributed by atoms with van der Waals surface area (Å²) in [6.07, 6.45) is 11.8. The number of amides is 2. The van der Waals surface area contributed by atoms with Gasteiger partial charge in [-0.15, -0.1) is 0 Å². The van der Waals surface area contributed by atoms with E-state index in [1.54, 1.807) is 17.2 Å². The minimum Gasteiger partial charge on any atom is -0.505 e. The first-order valence-electron chi connectivity index (χ1n) is 15.9. The Morgan fingerprint density at radius 1 is 1.14 bits per heavy atom. The molecule has 0 radical (unpaired) electrons. The summed E-state index contributed by atoms with van der Waals surface area (Å²) in [7, 11) is -1.03. The summed E-state index contributed by atoms with van der Waals surface area (Å²) in [6.45, 7) is 2.12. The first kappa shape index (κ1) is 29.8. The van der Waals surface area contributed by atoms with Gasteiger partial charge in [0, 0.05) is 12.2 Å². The van der Waals surface area contributed by atoms with Gasteiger partial charge >= 0.3 is 7.12 Å². The van der Waals surface area contributed by atoms with Crippen LogP contribution in [0, 0.1) is 23.6 Å². The standard InChI is InChI=1S/C34H40BFN2O5/c1-2-8-23-19-25-32(34(41)38(33(25)40)24-9-4-3-5-10-24)26-20-35(42)43-30(31(23)26)15-13-22(28-11-6-7-16-37-28)17-21-12-14-29(39)27(36)18-21/h6-7,11-12,14,16-18,24-26,30,32,39,42H,2-5,8-10,13,15,19-20H2,1H3/b22-17-/t25-,26+,30-,32-/m1/s1. The van der Waals surface area contributed by atoms with Crippen LogP contribution in [0.4, 0.5) is 4.39 Å². The zero-order valence-corrected chi connectivity index (χ0v) is 24.8. The summed E-state index contributed by atoms with van der Waals surface area (Å²) in [5.74, 6) is -2.21. The third-order valence-electron chi connectivity index (χ3n) is 9.82. The predicted octanol–water partition coefficient (Wildman–Crippen LogP) is 6.18. The van der Waals surface area contributed by atoms with Crippen LogP contribution in [0.1, 0.15) is 82.4 Å². The number of carbonyl (C=O) groups is 2. The number of allylic oxidation sites excluding steroid dienone is 2. The predicted molar refractivity (Wildman–Crippen MR) is 163 cm³/mol. The van der Waals surface area contributed by atoms with E-state index in [2.05, 4.69) is 11.9 Å². The molecule has 2 saturated heterocycles. The summed E-state index contributed by atoms with van der Waals surface area (Å²) in [5.41, 5.74) is 4.50. The van der Waals surface area contributed by atoms with Crippen molar-refractivity contribution in [3.63, 3.8) is 0 Å². The maximum Gasteiger partial charge on any atom is 0.455 e. The maximum atomic E-state index is 14.2. The van der Waals surface area contributed by atoms with Crippen LogP contribution in [-0.4, -0.2) is 51.1 Å². The van der Waals surface area contributed by atoms with Crippen molar-refractivity contribution in [3.05, 3.63) is 70.8 Å². The molecule has 3 fully saturated rings. The normalized spacial score (nSPS) is 26.6. The number of benzene rings is 1. The largest absolute Gasteiger partial charge is 0.505 e. The Kier molecular flexibility index (Phi) is 8.82. The molecule has 226 valence electrons. The van der Waals surface area contributed by atoms with Crippen molar-refractivity contribution >= 4 is 30.6 Å². The van der Waals surface area contributed by atoms with Crippen LogP contribution in [0.3, 0.4) is 0 Å². The van der Waals surface area contributed by atoms with Gasteiger partial charge in [0.25, 0.3) is 0 Å². The number of rotatable bonds is 8. The molecule has 2 amide bonds. The average molecular weight is 587 g/mol. The third kappa shape index (κ3) is 5.94. The number of hydrogen-bond acceptors (Lipinski definition) is 6. The van der Waals surface area contributed by atoms with E-state index in [1.807, 2.05) is 24.3 Å². The van der Waals surface area contributed by atoms with Crippen molar-refractivity contribution in [2.24, 2.45) is 17.8 Å². The fraction of sp³-hybridized carbons (Fsp3) is 0.500. The number of phenolic OH excluding ortho intramolecular Hbond substituents is 1. The second-order valence-electron chi connectivity index (χ2n) is 12.5. The molecule has 0 bridgehead atoms. The molecule has 2 aromatic rings. The van der Waals surface area contributed by atoms with E-state index in [9.17, 15) is 24.1 Å². The molecule has 1 saturated carbocycles. The maximum absolute atomic E-state index is 14.2. The number of hydrogen-bond donors (Lipinski definition) is 2. The second-order valence-corrected chi connectivity index (χ2v) is 12.5. The molecule has 0 spiro atoms. The number of likely N-dealkylation sites (tertiary alicyclic amines) is 1. The second kappa shape index (κ2) is 12.7. The van der Waals surface area contributed by atoms with Gasteiger partial charge in [-0.3, -0.25) is 19.5 Å². The van der Waals surface area contributed by atoms with Crippen molar-refractivity contribution in [2.75, 3.05) is 0 Å². The Hall–Kier alpha value is -3.30. The van der Waals surface area contributed by atoms with Crippen LogP contribution in [0.5, 0.6) is 5.75 Å². The first-order valence-corrected chi connectivity index (χ1v) is 15.9. The smallest absolute Gasteiger partial charge is 0.455 e. The van der Waals surface area contributed by atoms with Gasteiger partial charge in [0.1, 0.15) is 0 Å². The zero-order chi connectivity index (χ0) is 30.1.